The van der Waals surface area contributed by atoms with Crippen LogP contribution in [0, 0.1) is 11.8 Å². The molecule has 174 valence electrons. The van der Waals surface area contributed by atoms with Crippen molar-refractivity contribution in [2.24, 2.45) is 0 Å². The Morgan fingerprint density at radius 2 is 1.97 bits per heavy atom. The summed E-state index contributed by atoms with van der Waals surface area (Å²) in [6, 6.07) is 12.3. The van der Waals surface area contributed by atoms with Crippen molar-refractivity contribution in [1.82, 2.24) is 19.3 Å². The molecule has 2 aromatic carbocycles. The van der Waals surface area contributed by atoms with Crippen molar-refractivity contribution >= 4 is 26.9 Å². The number of unbranched alkanes of at least 4 members (excludes halogenated alkanes) is 1. The van der Waals surface area contributed by atoms with Crippen LogP contribution in [0.4, 0.5) is 0 Å². The van der Waals surface area contributed by atoms with Gasteiger partial charge in [0.1, 0.15) is 6.04 Å². The van der Waals surface area contributed by atoms with E-state index in [-0.39, 0.29) is 11.3 Å². The lowest BCUT2D eigenvalue weighted by Gasteiger charge is -2.14. The lowest BCUT2D eigenvalue weighted by atomic mass is 10.1. The molecule has 0 aliphatic carbocycles. The van der Waals surface area contributed by atoms with Crippen LogP contribution in [0.5, 0.6) is 0 Å². The Balaban J connectivity index is 1.39. The number of para-hydroxylation sites is 1. The fourth-order valence-corrected chi connectivity index (χ4v) is 4.80. The van der Waals surface area contributed by atoms with Gasteiger partial charge < -0.3 is 14.7 Å². The highest BCUT2D eigenvalue weighted by Gasteiger charge is 2.26. The highest BCUT2D eigenvalue weighted by Crippen LogP contribution is 2.20. The normalized spacial score (nSPS) is 12.2. The summed E-state index contributed by atoms with van der Waals surface area (Å²) in [7, 11) is -4.03. The lowest BCUT2D eigenvalue weighted by Crippen LogP contribution is -2.42. The topological polar surface area (TPSA) is 117 Å². The minimum atomic E-state index is -4.03. The molecule has 1 atom stereocenters. The lowest BCUT2D eigenvalue weighted by molar-refractivity contribution is -0.138. The van der Waals surface area contributed by atoms with Crippen molar-refractivity contribution in [1.29, 1.82) is 0 Å². The molecule has 2 aromatic heterocycles. The maximum atomic E-state index is 12.8. The highest BCUT2D eigenvalue weighted by molar-refractivity contribution is 7.89. The third-order valence-corrected chi connectivity index (χ3v) is 6.86. The van der Waals surface area contributed by atoms with Gasteiger partial charge in [-0.25, -0.2) is 13.4 Å². The average Bonchev–Trinajstić information content (AvgIpc) is 3.49. The Morgan fingerprint density at radius 1 is 1.18 bits per heavy atom. The summed E-state index contributed by atoms with van der Waals surface area (Å²) in [6.45, 7) is 0.834. The van der Waals surface area contributed by atoms with Crippen LogP contribution in [0.3, 0.4) is 0 Å². The second kappa shape index (κ2) is 10.4. The Labute approximate surface area is 197 Å². The molecule has 0 aliphatic rings. The van der Waals surface area contributed by atoms with Gasteiger partial charge in [0.05, 0.1) is 11.2 Å². The number of fused-ring (bicyclic) bond motifs is 1. The molecule has 0 spiro atoms. The van der Waals surface area contributed by atoms with Crippen molar-refractivity contribution in [3.63, 3.8) is 0 Å². The molecule has 0 bridgehead atoms. The molecule has 0 aliphatic heterocycles. The van der Waals surface area contributed by atoms with Gasteiger partial charge in [0.2, 0.25) is 10.0 Å². The molecule has 4 aromatic rings. The molecule has 9 heteroatoms. The van der Waals surface area contributed by atoms with Gasteiger partial charge in [-0.3, -0.25) is 4.79 Å². The van der Waals surface area contributed by atoms with E-state index in [0.717, 1.165) is 29.4 Å². The van der Waals surface area contributed by atoms with Crippen molar-refractivity contribution in [2.75, 3.05) is 0 Å². The first-order valence-corrected chi connectivity index (χ1v) is 12.3. The van der Waals surface area contributed by atoms with Gasteiger partial charge in [-0.1, -0.05) is 30.0 Å². The van der Waals surface area contributed by atoms with Crippen LogP contribution < -0.4 is 4.72 Å². The second-order valence-electron chi connectivity index (χ2n) is 7.81. The van der Waals surface area contributed by atoms with E-state index in [1.54, 1.807) is 30.9 Å². The number of carbonyl (C=O) groups is 1. The van der Waals surface area contributed by atoms with Crippen molar-refractivity contribution in [2.45, 2.75) is 36.7 Å². The van der Waals surface area contributed by atoms with Crippen LogP contribution in [0.1, 0.15) is 24.0 Å². The number of hydrogen-bond donors (Lipinski definition) is 3. The van der Waals surface area contributed by atoms with E-state index in [9.17, 15) is 18.3 Å². The number of sulfonamides is 1. The molecule has 0 saturated heterocycles. The number of benzene rings is 2. The number of nitrogens with zero attached hydrogens (tertiary/aromatic N) is 2. The van der Waals surface area contributed by atoms with Crippen molar-refractivity contribution < 1.29 is 18.3 Å². The summed E-state index contributed by atoms with van der Waals surface area (Å²) in [6.07, 6.45) is 8.70. The minimum Gasteiger partial charge on any atom is -0.480 e. The molecule has 34 heavy (non-hydrogen) atoms. The van der Waals surface area contributed by atoms with E-state index in [4.69, 9.17) is 0 Å². The van der Waals surface area contributed by atoms with Crippen LogP contribution in [-0.4, -0.2) is 40.1 Å². The Morgan fingerprint density at radius 3 is 2.71 bits per heavy atom. The zero-order valence-corrected chi connectivity index (χ0v) is 19.1. The van der Waals surface area contributed by atoms with Crippen LogP contribution in [0.25, 0.3) is 10.9 Å². The quantitative estimate of drug-likeness (QED) is 0.253. The SMILES string of the molecule is O=C(O)[C@@H](Cc1c[nH]c2ccccc12)NS(=O)(=O)c1ccc(C#CCCCn2ccnc2)cc1. The predicted molar refractivity (Wildman–Crippen MR) is 129 cm³/mol. The van der Waals surface area contributed by atoms with E-state index < -0.39 is 22.0 Å². The molecular formula is C25H24N4O4S. The van der Waals surface area contributed by atoms with Crippen molar-refractivity contribution in [3.8, 4) is 11.8 Å². The summed E-state index contributed by atoms with van der Waals surface area (Å²) in [5, 5.41) is 10.5. The first-order chi connectivity index (χ1) is 16.4. The van der Waals surface area contributed by atoms with Gasteiger partial charge in [0.15, 0.2) is 0 Å². The summed E-state index contributed by atoms with van der Waals surface area (Å²) in [5.74, 6) is 4.86. The number of H-pyrrole nitrogens is 1. The molecule has 0 saturated carbocycles. The predicted octanol–water partition coefficient (Wildman–Crippen LogP) is 3.17. The molecule has 3 N–H and O–H groups in total. The van der Waals surface area contributed by atoms with E-state index in [2.05, 4.69) is 26.5 Å². The maximum Gasteiger partial charge on any atom is 0.322 e. The zero-order chi connectivity index (χ0) is 24.0. The Kier molecular flexibility index (Phi) is 7.11. The average molecular weight is 477 g/mol. The summed E-state index contributed by atoms with van der Waals surface area (Å²) >= 11 is 0. The molecule has 4 rings (SSSR count). The third-order valence-electron chi connectivity index (χ3n) is 5.37. The van der Waals surface area contributed by atoms with Gasteiger partial charge >= 0.3 is 5.97 Å². The van der Waals surface area contributed by atoms with Crippen LogP contribution in [0.15, 0.2) is 78.3 Å². The molecular weight excluding hydrogens is 452 g/mol. The number of carboxylic acid groups (broad SMARTS) is 1. The minimum absolute atomic E-state index is 0.0108. The molecule has 0 amide bonds. The largest absolute Gasteiger partial charge is 0.480 e. The Hall–Kier alpha value is -3.87. The number of aliphatic carboxylic acids is 1. The molecule has 0 unspecified atom stereocenters. The third kappa shape index (κ3) is 5.73. The smallest absolute Gasteiger partial charge is 0.322 e. The van der Waals surface area contributed by atoms with Gasteiger partial charge in [-0.2, -0.15) is 4.72 Å². The maximum absolute atomic E-state index is 12.8. The fourth-order valence-electron chi connectivity index (χ4n) is 3.61. The second-order valence-corrected chi connectivity index (χ2v) is 9.52. The van der Waals surface area contributed by atoms with Gasteiger partial charge in [-0.15, -0.1) is 0 Å². The molecule has 8 nitrogen and oxygen atoms in total. The van der Waals surface area contributed by atoms with E-state index in [1.807, 2.05) is 35.0 Å². The molecule has 2 heterocycles. The number of aromatic amines is 1. The number of aryl methyl sites for hydroxylation is 1. The van der Waals surface area contributed by atoms with E-state index in [1.165, 1.54) is 12.1 Å². The van der Waals surface area contributed by atoms with Crippen LogP contribution in [-0.2, 0) is 27.8 Å². The Bertz CT molecular complexity index is 1430. The summed E-state index contributed by atoms with van der Waals surface area (Å²) in [5.41, 5.74) is 2.28. The number of aromatic nitrogens is 3. The highest BCUT2D eigenvalue weighted by atomic mass is 32.2. The van der Waals surface area contributed by atoms with Crippen LogP contribution in [0.2, 0.25) is 0 Å². The molecule has 0 radical (unpaired) electrons. The van der Waals surface area contributed by atoms with Gasteiger partial charge in [-0.05, 0) is 42.3 Å². The molecule has 0 fully saturated rings. The summed E-state index contributed by atoms with van der Waals surface area (Å²) in [4.78, 5) is 18.9. The number of carboxylic acids is 1. The number of nitrogens with one attached hydrogen (secondary N) is 2. The standard InChI is InChI=1S/C25H24N4O4S/c30-25(31)24(16-20-17-27-23-8-4-3-7-22(20)23)28-34(32,33)21-11-9-19(10-12-21)6-2-1-5-14-29-15-13-26-18-29/h3-4,7-13,15,17-18,24,27-28H,1,5,14,16H2,(H,30,31)/t24-/m1/s1. The van der Waals surface area contributed by atoms with E-state index in [0.29, 0.717) is 12.0 Å². The number of imidazole rings is 1. The van der Waals surface area contributed by atoms with Gasteiger partial charge in [0, 0.05) is 54.4 Å². The summed E-state index contributed by atoms with van der Waals surface area (Å²) < 4.78 is 30.0. The van der Waals surface area contributed by atoms with Crippen molar-refractivity contribution in [3.05, 3.63) is 84.6 Å². The first-order valence-electron chi connectivity index (χ1n) is 10.8. The van der Waals surface area contributed by atoms with Gasteiger partial charge in [0.25, 0.3) is 0 Å². The number of rotatable bonds is 9. The first kappa shape index (κ1) is 23.3. The fraction of sp³-hybridized carbons (Fsp3) is 0.200. The van der Waals surface area contributed by atoms with E-state index >= 15 is 0 Å². The van der Waals surface area contributed by atoms with Crippen LogP contribution >= 0.6 is 0 Å². The monoisotopic (exact) mass is 476 g/mol. The number of hydrogen-bond acceptors (Lipinski definition) is 4. The zero-order valence-electron chi connectivity index (χ0n) is 18.3.